The molecule has 70 valence electrons. The van der Waals surface area contributed by atoms with Crippen molar-refractivity contribution in [3.05, 3.63) is 35.4 Å². The van der Waals surface area contributed by atoms with E-state index in [-0.39, 0.29) is 6.61 Å². The Kier molecular flexibility index (Phi) is 2.62. The lowest BCUT2D eigenvalue weighted by Gasteiger charge is -2.25. The van der Waals surface area contributed by atoms with E-state index < -0.39 is 0 Å². The van der Waals surface area contributed by atoms with Crippen molar-refractivity contribution in [2.24, 2.45) is 5.92 Å². The van der Waals surface area contributed by atoms with E-state index in [1.807, 2.05) is 12.1 Å². The van der Waals surface area contributed by atoms with Crippen LogP contribution in [0.1, 0.15) is 11.1 Å². The van der Waals surface area contributed by atoms with Gasteiger partial charge in [0.25, 0.3) is 0 Å². The fourth-order valence-electron chi connectivity index (χ4n) is 1.59. The van der Waals surface area contributed by atoms with Crippen molar-refractivity contribution >= 4 is 0 Å². The highest BCUT2D eigenvalue weighted by Gasteiger charge is 2.18. The zero-order valence-corrected chi connectivity index (χ0v) is 7.57. The number of ether oxygens (including phenoxy) is 1. The Hall–Kier alpha value is -0.860. The molecule has 0 saturated carbocycles. The van der Waals surface area contributed by atoms with Gasteiger partial charge in [-0.15, -0.1) is 0 Å². The molecule has 1 aliphatic heterocycles. The molecular formula is C11H14O2. The molecule has 2 nitrogen and oxygen atoms in total. The predicted molar refractivity (Wildman–Crippen MR) is 50.4 cm³/mol. The molecule has 0 atom stereocenters. The molecule has 0 amide bonds. The van der Waals surface area contributed by atoms with Crippen molar-refractivity contribution in [2.75, 3.05) is 13.2 Å². The first-order valence-electron chi connectivity index (χ1n) is 4.65. The van der Waals surface area contributed by atoms with Gasteiger partial charge in [-0.05, 0) is 17.5 Å². The van der Waals surface area contributed by atoms with Crippen LogP contribution in [0.25, 0.3) is 0 Å². The monoisotopic (exact) mass is 178 g/mol. The van der Waals surface area contributed by atoms with Gasteiger partial charge in [-0.3, -0.25) is 0 Å². The van der Waals surface area contributed by atoms with Gasteiger partial charge in [-0.25, -0.2) is 0 Å². The van der Waals surface area contributed by atoms with Gasteiger partial charge in [0, 0.05) is 5.92 Å². The maximum absolute atomic E-state index is 8.94. The first-order valence-corrected chi connectivity index (χ1v) is 4.65. The summed E-state index contributed by atoms with van der Waals surface area (Å²) in [6.45, 7) is 1.92. The standard InChI is InChI=1S/C11H14O2/c12-6-10-3-1-2-9(4-10)5-11-7-13-8-11/h1-4,11-12H,5-8H2. The summed E-state index contributed by atoms with van der Waals surface area (Å²) in [6.07, 6.45) is 1.08. The Bertz CT molecular complexity index is 279. The van der Waals surface area contributed by atoms with Crippen molar-refractivity contribution in [3.8, 4) is 0 Å². The quantitative estimate of drug-likeness (QED) is 0.757. The molecule has 1 heterocycles. The van der Waals surface area contributed by atoms with Crippen LogP contribution in [0.4, 0.5) is 0 Å². The van der Waals surface area contributed by atoms with Crippen molar-refractivity contribution in [1.29, 1.82) is 0 Å². The van der Waals surface area contributed by atoms with Crippen molar-refractivity contribution in [1.82, 2.24) is 0 Å². The molecule has 2 rings (SSSR count). The first kappa shape index (κ1) is 8.73. The van der Waals surface area contributed by atoms with Crippen LogP contribution in [0.3, 0.4) is 0 Å². The second-order valence-electron chi connectivity index (χ2n) is 3.59. The van der Waals surface area contributed by atoms with Gasteiger partial charge >= 0.3 is 0 Å². The Morgan fingerprint density at radius 1 is 1.31 bits per heavy atom. The summed E-state index contributed by atoms with van der Waals surface area (Å²) in [6, 6.07) is 8.12. The van der Waals surface area contributed by atoms with Crippen molar-refractivity contribution in [3.63, 3.8) is 0 Å². The van der Waals surface area contributed by atoms with Crippen LogP contribution in [-0.2, 0) is 17.8 Å². The summed E-state index contributed by atoms with van der Waals surface area (Å²) < 4.78 is 5.11. The van der Waals surface area contributed by atoms with Gasteiger partial charge in [-0.2, -0.15) is 0 Å². The summed E-state index contributed by atoms with van der Waals surface area (Å²) in [5.41, 5.74) is 2.30. The van der Waals surface area contributed by atoms with E-state index in [9.17, 15) is 0 Å². The predicted octanol–water partition coefficient (Wildman–Crippen LogP) is 1.37. The molecular weight excluding hydrogens is 164 g/mol. The topological polar surface area (TPSA) is 29.5 Å². The average Bonchev–Trinajstić information content (AvgIpc) is 2.12. The van der Waals surface area contributed by atoms with Crippen LogP contribution in [0, 0.1) is 5.92 Å². The van der Waals surface area contributed by atoms with E-state index in [0.717, 1.165) is 25.2 Å². The largest absolute Gasteiger partial charge is 0.392 e. The fraction of sp³-hybridized carbons (Fsp3) is 0.455. The number of rotatable bonds is 3. The van der Waals surface area contributed by atoms with Crippen molar-refractivity contribution in [2.45, 2.75) is 13.0 Å². The van der Waals surface area contributed by atoms with E-state index in [0.29, 0.717) is 5.92 Å². The van der Waals surface area contributed by atoms with Gasteiger partial charge in [0.1, 0.15) is 0 Å². The Morgan fingerprint density at radius 3 is 2.69 bits per heavy atom. The van der Waals surface area contributed by atoms with Crippen LogP contribution in [-0.4, -0.2) is 18.3 Å². The third-order valence-electron chi connectivity index (χ3n) is 2.41. The molecule has 1 aromatic rings. The lowest BCUT2D eigenvalue weighted by Crippen LogP contribution is -2.29. The molecule has 0 aromatic heterocycles. The van der Waals surface area contributed by atoms with Crippen LogP contribution < -0.4 is 0 Å². The van der Waals surface area contributed by atoms with Gasteiger partial charge in [0.05, 0.1) is 19.8 Å². The SMILES string of the molecule is OCc1cccc(CC2COC2)c1. The lowest BCUT2D eigenvalue weighted by atomic mass is 9.97. The van der Waals surface area contributed by atoms with Crippen molar-refractivity contribution < 1.29 is 9.84 Å². The van der Waals surface area contributed by atoms with Gasteiger partial charge in [-0.1, -0.05) is 24.3 Å². The van der Waals surface area contributed by atoms with E-state index in [1.165, 1.54) is 5.56 Å². The highest BCUT2D eigenvalue weighted by atomic mass is 16.5. The summed E-state index contributed by atoms with van der Waals surface area (Å²) in [5, 5.41) is 8.94. The fourth-order valence-corrected chi connectivity index (χ4v) is 1.59. The maximum atomic E-state index is 8.94. The minimum atomic E-state index is 0.134. The second-order valence-corrected chi connectivity index (χ2v) is 3.59. The molecule has 0 spiro atoms. The van der Waals surface area contributed by atoms with E-state index in [1.54, 1.807) is 0 Å². The van der Waals surface area contributed by atoms with E-state index >= 15 is 0 Å². The molecule has 1 aromatic carbocycles. The molecule has 2 heteroatoms. The average molecular weight is 178 g/mol. The van der Waals surface area contributed by atoms with Gasteiger partial charge in [0.2, 0.25) is 0 Å². The summed E-state index contributed by atoms with van der Waals surface area (Å²) >= 11 is 0. The zero-order valence-electron chi connectivity index (χ0n) is 7.57. The third kappa shape index (κ3) is 2.08. The number of aliphatic hydroxyl groups excluding tert-OH is 1. The van der Waals surface area contributed by atoms with Crippen LogP contribution in [0.2, 0.25) is 0 Å². The number of benzene rings is 1. The Balaban J connectivity index is 2.01. The molecule has 1 N–H and O–H groups in total. The van der Waals surface area contributed by atoms with Crippen LogP contribution in [0.5, 0.6) is 0 Å². The summed E-state index contributed by atoms with van der Waals surface area (Å²) in [4.78, 5) is 0. The Morgan fingerprint density at radius 2 is 2.08 bits per heavy atom. The van der Waals surface area contributed by atoms with Crippen LogP contribution in [0.15, 0.2) is 24.3 Å². The van der Waals surface area contributed by atoms with Gasteiger partial charge < -0.3 is 9.84 Å². The van der Waals surface area contributed by atoms with Gasteiger partial charge in [0.15, 0.2) is 0 Å². The zero-order chi connectivity index (χ0) is 9.10. The molecule has 0 radical (unpaired) electrons. The second kappa shape index (κ2) is 3.90. The maximum Gasteiger partial charge on any atom is 0.0681 e. The number of hydrogen-bond acceptors (Lipinski definition) is 2. The van der Waals surface area contributed by atoms with E-state index in [2.05, 4.69) is 12.1 Å². The molecule has 1 saturated heterocycles. The molecule has 0 aliphatic carbocycles. The molecule has 13 heavy (non-hydrogen) atoms. The number of aliphatic hydroxyl groups is 1. The summed E-state index contributed by atoms with van der Waals surface area (Å²) in [7, 11) is 0. The Labute approximate surface area is 78.2 Å². The minimum absolute atomic E-state index is 0.134. The molecule has 0 unspecified atom stereocenters. The molecule has 1 aliphatic rings. The normalized spacial score (nSPS) is 17.0. The lowest BCUT2D eigenvalue weighted by molar-refractivity contribution is -0.0312. The molecule has 0 bridgehead atoms. The summed E-state index contributed by atoms with van der Waals surface area (Å²) in [5.74, 6) is 0.689. The third-order valence-corrected chi connectivity index (χ3v) is 2.41. The smallest absolute Gasteiger partial charge is 0.0681 e. The number of hydrogen-bond donors (Lipinski definition) is 1. The van der Waals surface area contributed by atoms with Crippen LogP contribution >= 0.6 is 0 Å². The first-order chi connectivity index (χ1) is 6.38. The molecule has 1 fully saturated rings. The minimum Gasteiger partial charge on any atom is -0.392 e. The van der Waals surface area contributed by atoms with E-state index in [4.69, 9.17) is 9.84 Å². The highest BCUT2D eigenvalue weighted by molar-refractivity contribution is 5.23. The highest BCUT2D eigenvalue weighted by Crippen LogP contribution is 2.17.